The van der Waals surface area contributed by atoms with Gasteiger partial charge in [0.15, 0.2) is 5.82 Å². The first-order valence-electron chi connectivity index (χ1n) is 11.2. The molecule has 2 N–H and O–H groups in total. The first-order valence-corrected chi connectivity index (χ1v) is 12.7. The number of nitrogens with one attached hydrogen (secondary N) is 2. The fourth-order valence-electron chi connectivity index (χ4n) is 3.42. The molecule has 3 rings (SSSR count). The van der Waals surface area contributed by atoms with Crippen LogP contribution in [0.5, 0.6) is 0 Å². The molecule has 1 aliphatic rings. The maximum atomic E-state index is 12.4. The lowest BCUT2D eigenvalue weighted by Gasteiger charge is -2.35. The van der Waals surface area contributed by atoms with Crippen LogP contribution in [-0.4, -0.2) is 82.4 Å². The minimum Gasteiger partial charge on any atom is -0.450 e. The summed E-state index contributed by atoms with van der Waals surface area (Å²) in [5, 5.41) is 12.5. The Balaban J connectivity index is 1.67. The lowest BCUT2D eigenvalue weighted by molar-refractivity contribution is 0.105. The van der Waals surface area contributed by atoms with Crippen molar-refractivity contribution in [2.24, 2.45) is 0 Å². The highest BCUT2D eigenvalue weighted by Gasteiger charge is 2.25. The highest BCUT2D eigenvalue weighted by Crippen LogP contribution is 2.23. The van der Waals surface area contributed by atoms with E-state index in [-0.39, 0.29) is 23.5 Å². The Hall–Kier alpha value is -3.47. The molecule has 1 aromatic heterocycles. The van der Waals surface area contributed by atoms with Crippen LogP contribution in [0, 0.1) is 11.3 Å². The van der Waals surface area contributed by atoms with Gasteiger partial charge in [-0.25, -0.2) is 22.9 Å². The Bertz CT molecular complexity index is 1140. The third-order valence-electron chi connectivity index (χ3n) is 5.23. The standard InChI is InChI=1S/C22H29N7O5S/c1-3-34-22(30)29-12-10-28(11-13-29)20-17(15-23)16-24-21(27-20)26-18-5-7-19(8-6-18)35(31,32)25-9-4-14-33-2/h5-8,16,25H,3-4,9-14H2,1-2H3,(H,24,26,27). The predicted octanol–water partition coefficient (Wildman–Crippen LogP) is 1.69. The van der Waals surface area contributed by atoms with Gasteiger partial charge in [0, 0.05) is 52.1 Å². The summed E-state index contributed by atoms with van der Waals surface area (Å²) in [4.78, 5) is 24.3. The average Bonchev–Trinajstić information content (AvgIpc) is 2.87. The average molecular weight is 504 g/mol. The van der Waals surface area contributed by atoms with Gasteiger partial charge in [0.05, 0.1) is 17.7 Å². The molecular weight excluding hydrogens is 474 g/mol. The molecule has 0 atom stereocenters. The summed E-state index contributed by atoms with van der Waals surface area (Å²) >= 11 is 0. The third-order valence-corrected chi connectivity index (χ3v) is 6.71. The van der Waals surface area contributed by atoms with Gasteiger partial charge in [-0.15, -0.1) is 0 Å². The molecule has 12 nitrogen and oxygen atoms in total. The first kappa shape index (κ1) is 26.1. The first-order chi connectivity index (χ1) is 16.9. The number of carbonyl (C=O) groups excluding carboxylic acids is 1. The minimum atomic E-state index is -3.62. The van der Waals surface area contributed by atoms with E-state index in [1.807, 2.05) is 4.90 Å². The number of rotatable bonds is 10. The molecule has 35 heavy (non-hydrogen) atoms. The summed E-state index contributed by atoms with van der Waals surface area (Å²) in [5.74, 6) is 0.730. The van der Waals surface area contributed by atoms with Gasteiger partial charge in [-0.1, -0.05) is 0 Å². The summed E-state index contributed by atoms with van der Waals surface area (Å²) in [7, 11) is -2.06. The molecule has 0 spiro atoms. The van der Waals surface area contributed by atoms with Crippen molar-refractivity contribution >= 4 is 33.6 Å². The van der Waals surface area contributed by atoms with E-state index in [4.69, 9.17) is 9.47 Å². The number of sulfonamides is 1. The smallest absolute Gasteiger partial charge is 0.409 e. The van der Waals surface area contributed by atoms with Crippen LogP contribution in [0.3, 0.4) is 0 Å². The molecule has 2 heterocycles. The van der Waals surface area contributed by atoms with E-state index in [0.717, 1.165) is 0 Å². The zero-order chi connectivity index (χ0) is 25.3. The van der Waals surface area contributed by atoms with Gasteiger partial charge in [0.25, 0.3) is 0 Å². The SMILES string of the molecule is CCOC(=O)N1CCN(c2nc(Nc3ccc(S(=O)(=O)NCCCOC)cc3)ncc2C#N)CC1. The van der Waals surface area contributed by atoms with E-state index in [2.05, 4.69) is 26.1 Å². The van der Waals surface area contributed by atoms with E-state index >= 15 is 0 Å². The number of hydrogen-bond acceptors (Lipinski definition) is 10. The largest absolute Gasteiger partial charge is 0.450 e. The summed E-state index contributed by atoms with van der Waals surface area (Å²) in [6, 6.07) is 8.31. The van der Waals surface area contributed by atoms with Gasteiger partial charge >= 0.3 is 6.09 Å². The Morgan fingerprint density at radius 2 is 1.91 bits per heavy atom. The number of nitrogens with zero attached hydrogens (tertiary/aromatic N) is 5. The molecule has 1 amide bonds. The molecule has 0 unspecified atom stereocenters. The fourth-order valence-corrected chi connectivity index (χ4v) is 4.50. The van der Waals surface area contributed by atoms with Gasteiger partial charge in [-0.2, -0.15) is 10.2 Å². The Labute approximate surface area is 204 Å². The molecule has 188 valence electrons. The van der Waals surface area contributed by atoms with Gasteiger partial charge in [-0.3, -0.25) is 0 Å². The summed E-state index contributed by atoms with van der Waals surface area (Å²) < 4.78 is 37.3. The van der Waals surface area contributed by atoms with Crippen LogP contribution in [0.1, 0.15) is 18.9 Å². The third kappa shape index (κ3) is 7.01. The number of benzene rings is 1. The molecule has 1 fully saturated rings. The fraction of sp³-hybridized carbons (Fsp3) is 0.455. The van der Waals surface area contributed by atoms with Crippen molar-refractivity contribution < 1.29 is 22.7 Å². The number of piperazine rings is 1. The quantitative estimate of drug-likeness (QED) is 0.459. The Kier molecular flexibility index (Phi) is 9.18. The molecule has 0 radical (unpaired) electrons. The highest BCUT2D eigenvalue weighted by atomic mass is 32.2. The van der Waals surface area contributed by atoms with E-state index in [1.165, 1.54) is 18.3 Å². The number of methoxy groups -OCH3 is 1. The molecule has 1 aliphatic heterocycles. The molecule has 0 aliphatic carbocycles. The monoisotopic (exact) mass is 503 g/mol. The van der Waals surface area contributed by atoms with Crippen LogP contribution in [0.4, 0.5) is 22.2 Å². The number of anilines is 3. The van der Waals surface area contributed by atoms with Crippen LogP contribution >= 0.6 is 0 Å². The van der Waals surface area contributed by atoms with Crippen LogP contribution in [0.25, 0.3) is 0 Å². The Morgan fingerprint density at radius 1 is 1.20 bits per heavy atom. The zero-order valence-corrected chi connectivity index (χ0v) is 20.5. The lowest BCUT2D eigenvalue weighted by Crippen LogP contribution is -2.49. The number of ether oxygens (including phenoxy) is 2. The van der Waals surface area contributed by atoms with E-state index in [9.17, 15) is 18.5 Å². The van der Waals surface area contributed by atoms with Crippen molar-refractivity contribution in [2.75, 3.05) is 63.3 Å². The topological polar surface area (TPSA) is 150 Å². The molecule has 1 aromatic carbocycles. The molecule has 1 saturated heterocycles. The second-order valence-electron chi connectivity index (χ2n) is 7.61. The number of hydrogen-bond donors (Lipinski definition) is 2. The van der Waals surface area contributed by atoms with Crippen LogP contribution in [-0.2, 0) is 19.5 Å². The number of amides is 1. The second-order valence-corrected chi connectivity index (χ2v) is 9.38. The lowest BCUT2D eigenvalue weighted by atomic mass is 10.2. The summed E-state index contributed by atoms with van der Waals surface area (Å²) in [5.41, 5.74) is 0.909. The number of aromatic nitrogens is 2. The van der Waals surface area contributed by atoms with Crippen molar-refractivity contribution in [3.8, 4) is 6.07 Å². The molecule has 0 saturated carbocycles. The van der Waals surface area contributed by atoms with E-state index in [1.54, 1.807) is 31.1 Å². The maximum Gasteiger partial charge on any atom is 0.409 e. The maximum absolute atomic E-state index is 12.4. The predicted molar refractivity (Wildman–Crippen MR) is 129 cm³/mol. The van der Waals surface area contributed by atoms with E-state index < -0.39 is 10.0 Å². The van der Waals surface area contributed by atoms with E-state index in [0.29, 0.717) is 62.9 Å². The molecule has 13 heteroatoms. The van der Waals surface area contributed by atoms with Gasteiger partial charge < -0.3 is 24.6 Å². The molecule has 2 aromatic rings. The minimum absolute atomic E-state index is 0.140. The van der Waals surface area contributed by atoms with Crippen molar-refractivity contribution in [3.05, 3.63) is 36.0 Å². The van der Waals surface area contributed by atoms with Crippen LogP contribution in [0.2, 0.25) is 0 Å². The number of carbonyl (C=O) groups is 1. The normalized spacial score (nSPS) is 13.9. The van der Waals surface area contributed by atoms with Crippen molar-refractivity contribution in [3.63, 3.8) is 0 Å². The van der Waals surface area contributed by atoms with Crippen molar-refractivity contribution in [1.29, 1.82) is 5.26 Å². The zero-order valence-electron chi connectivity index (χ0n) is 19.7. The Morgan fingerprint density at radius 3 is 2.54 bits per heavy atom. The highest BCUT2D eigenvalue weighted by molar-refractivity contribution is 7.89. The molecule has 0 bridgehead atoms. The summed E-state index contributed by atoms with van der Waals surface area (Å²) in [6.07, 6.45) is 1.66. The van der Waals surface area contributed by atoms with Gasteiger partial charge in [0.2, 0.25) is 16.0 Å². The summed E-state index contributed by atoms with van der Waals surface area (Å²) in [6.45, 7) is 4.72. The number of nitriles is 1. The van der Waals surface area contributed by atoms with Crippen LogP contribution < -0.4 is 14.9 Å². The van der Waals surface area contributed by atoms with Gasteiger partial charge in [0.1, 0.15) is 11.6 Å². The van der Waals surface area contributed by atoms with Crippen molar-refractivity contribution in [2.45, 2.75) is 18.2 Å². The molecular formula is C22H29N7O5S. The second kappa shape index (κ2) is 12.3. The van der Waals surface area contributed by atoms with Crippen LogP contribution in [0.15, 0.2) is 35.4 Å². The van der Waals surface area contributed by atoms with Gasteiger partial charge in [-0.05, 0) is 37.6 Å². The van der Waals surface area contributed by atoms with Crippen molar-refractivity contribution in [1.82, 2.24) is 19.6 Å².